The summed E-state index contributed by atoms with van der Waals surface area (Å²) in [5.74, 6) is -0.224. The highest BCUT2D eigenvalue weighted by Gasteiger charge is 2.15. The molecule has 5 heteroatoms. The Morgan fingerprint density at radius 1 is 1.08 bits per heavy atom. The molecule has 1 aromatic rings. The molecule has 134 valence electrons. The fourth-order valence-electron chi connectivity index (χ4n) is 2.31. The highest BCUT2D eigenvalue weighted by atomic mass is 16.3. The van der Waals surface area contributed by atoms with Gasteiger partial charge in [-0.3, -0.25) is 9.59 Å². The summed E-state index contributed by atoms with van der Waals surface area (Å²) < 4.78 is 0. The quantitative estimate of drug-likeness (QED) is 0.715. The molecule has 0 aliphatic carbocycles. The molecule has 0 aliphatic rings. The summed E-state index contributed by atoms with van der Waals surface area (Å²) in [5, 5.41) is 14.9. The van der Waals surface area contributed by atoms with Gasteiger partial charge in [0, 0.05) is 12.1 Å². The van der Waals surface area contributed by atoms with Gasteiger partial charge in [0.05, 0.1) is 12.6 Å². The summed E-state index contributed by atoms with van der Waals surface area (Å²) in [7, 11) is 0. The average molecular weight is 334 g/mol. The summed E-state index contributed by atoms with van der Waals surface area (Å²) >= 11 is 0. The number of benzene rings is 1. The van der Waals surface area contributed by atoms with Crippen LogP contribution >= 0.6 is 0 Å². The minimum Gasteiger partial charge on any atom is -0.391 e. The van der Waals surface area contributed by atoms with E-state index < -0.39 is 6.10 Å². The second-order valence-corrected chi connectivity index (χ2v) is 7.60. The lowest BCUT2D eigenvalue weighted by atomic mass is 9.87. The lowest BCUT2D eigenvalue weighted by Crippen LogP contribution is -2.40. The minimum atomic E-state index is -0.561. The van der Waals surface area contributed by atoms with Gasteiger partial charge in [-0.2, -0.15) is 0 Å². The van der Waals surface area contributed by atoms with Gasteiger partial charge < -0.3 is 15.7 Å². The van der Waals surface area contributed by atoms with E-state index >= 15 is 0 Å². The fourth-order valence-corrected chi connectivity index (χ4v) is 2.31. The first kappa shape index (κ1) is 20.2. The van der Waals surface area contributed by atoms with Crippen LogP contribution in [0.15, 0.2) is 24.3 Å². The molecule has 5 nitrogen and oxygen atoms in total. The van der Waals surface area contributed by atoms with Crippen LogP contribution in [0.3, 0.4) is 0 Å². The predicted octanol–water partition coefficient (Wildman–Crippen LogP) is 2.24. The molecule has 0 radical (unpaired) electrons. The summed E-state index contributed by atoms with van der Waals surface area (Å²) in [6.45, 7) is 10.5. The van der Waals surface area contributed by atoms with Gasteiger partial charge in [-0.05, 0) is 35.4 Å². The second kappa shape index (κ2) is 8.83. The highest BCUT2D eigenvalue weighted by Crippen LogP contribution is 2.22. The maximum atomic E-state index is 12.1. The Balaban J connectivity index is 2.41. The van der Waals surface area contributed by atoms with Crippen molar-refractivity contribution >= 4 is 11.8 Å². The monoisotopic (exact) mass is 334 g/mol. The molecule has 1 aromatic carbocycles. The number of aliphatic hydroxyl groups is 1. The van der Waals surface area contributed by atoms with E-state index in [0.29, 0.717) is 17.9 Å². The molecule has 0 aromatic heterocycles. The van der Waals surface area contributed by atoms with E-state index in [4.69, 9.17) is 0 Å². The van der Waals surface area contributed by atoms with Gasteiger partial charge in [0.25, 0.3) is 5.91 Å². The second-order valence-electron chi connectivity index (χ2n) is 7.60. The van der Waals surface area contributed by atoms with Crippen molar-refractivity contribution < 1.29 is 14.7 Å². The van der Waals surface area contributed by atoms with Gasteiger partial charge >= 0.3 is 0 Å². The number of amides is 2. The van der Waals surface area contributed by atoms with E-state index in [0.717, 1.165) is 5.56 Å². The summed E-state index contributed by atoms with van der Waals surface area (Å²) in [5.41, 5.74) is 1.71. The van der Waals surface area contributed by atoms with Crippen molar-refractivity contribution in [2.75, 3.05) is 13.1 Å². The molecule has 1 atom stereocenters. The van der Waals surface area contributed by atoms with E-state index in [-0.39, 0.29) is 30.3 Å². The van der Waals surface area contributed by atoms with Crippen molar-refractivity contribution in [1.82, 2.24) is 10.6 Å². The van der Waals surface area contributed by atoms with Gasteiger partial charge in [0.15, 0.2) is 0 Å². The average Bonchev–Trinajstić information content (AvgIpc) is 2.49. The van der Waals surface area contributed by atoms with Crippen LogP contribution in [0.1, 0.15) is 57.0 Å². The largest absolute Gasteiger partial charge is 0.391 e. The van der Waals surface area contributed by atoms with Crippen molar-refractivity contribution in [1.29, 1.82) is 0 Å². The van der Waals surface area contributed by atoms with Crippen LogP contribution in [0.4, 0.5) is 0 Å². The molecular formula is C19H30N2O3. The molecule has 0 aliphatic heterocycles. The molecule has 0 saturated carbocycles. The fraction of sp³-hybridized carbons (Fsp3) is 0.579. The third kappa shape index (κ3) is 7.13. The molecule has 0 bridgehead atoms. The molecule has 3 N–H and O–H groups in total. The maximum Gasteiger partial charge on any atom is 0.251 e. The number of aliphatic hydroxyl groups excluding tert-OH is 1. The maximum absolute atomic E-state index is 12.1. The first-order valence-corrected chi connectivity index (χ1v) is 8.43. The zero-order chi connectivity index (χ0) is 18.3. The van der Waals surface area contributed by atoms with Gasteiger partial charge in [0.2, 0.25) is 5.91 Å². The van der Waals surface area contributed by atoms with Crippen molar-refractivity contribution in [2.24, 2.45) is 5.92 Å². The van der Waals surface area contributed by atoms with Crippen molar-refractivity contribution in [2.45, 2.75) is 52.6 Å². The Kier molecular flexibility index (Phi) is 7.42. The first-order chi connectivity index (χ1) is 11.1. The molecule has 0 saturated heterocycles. The number of carbonyl (C=O) groups is 2. The molecule has 0 spiro atoms. The predicted molar refractivity (Wildman–Crippen MR) is 95.9 cm³/mol. The van der Waals surface area contributed by atoms with Gasteiger partial charge in [-0.1, -0.05) is 46.8 Å². The lowest BCUT2D eigenvalue weighted by Gasteiger charge is -2.19. The third-order valence-corrected chi connectivity index (χ3v) is 3.70. The zero-order valence-corrected chi connectivity index (χ0v) is 15.3. The number of carbonyl (C=O) groups excluding carboxylic acids is 2. The number of rotatable bonds is 7. The molecule has 0 fully saturated rings. The summed E-state index contributed by atoms with van der Waals surface area (Å²) in [4.78, 5) is 23.8. The van der Waals surface area contributed by atoms with E-state index in [1.165, 1.54) is 0 Å². The molecule has 1 rings (SSSR count). The Hall–Kier alpha value is -1.88. The number of hydrogen-bond donors (Lipinski definition) is 3. The highest BCUT2D eigenvalue weighted by molar-refractivity contribution is 5.96. The van der Waals surface area contributed by atoms with Gasteiger partial charge in [-0.25, -0.2) is 0 Å². The number of hydrogen-bond acceptors (Lipinski definition) is 3. The minimum absolute atomic E-state index is 0.0334. The Bertz CT molecular complexity index is 545. The molecule has 1 unspecified atom stereocenters. The van der Waals surface area contributed by atoms with Crippen molar-refractivity contribution in [3.63, 3.8) is 0 Å². The van der Waals surface area contributed by atoms with Crippen LogP contribution in [0.2, 0.25) is 0 Å². The summed E-state index contributed by atoms with van der Waals surface area (Å²) in [6, 6.07) is 7.38. The molecule has 24 heavy (non-hydrogen) atoms. The van der Waals surface area contributed by atoms with Crippen LogP contribution in [0.5, 0.6) is 0 Å². The SMILES string of the molecule is CC(C)CC(O)CNC(=O)CNC(=O)c1ccc(C(C)(C)C)cc1. The Morgan fingerprint density at radius 2 is 1.67 bits per heavy atom. The van der Waals surface area contributed by atoms with Crippen LogP contribution in [-0.4, -0.2) is 36.1 Å². The van der Waals surface area contributed by atoms with Crippen LogP contribution < -0.4 is 10.6 Å². The van der Waals surface area contributed by atoms with Gasteiger partial charge in [-0.15, -0.1) is 0 Å². The van der Waals surface area contributed by atoms with Gasteiger partial charge in [0.1, 0.15) is 0 Å². The Morgan fingerprint density at radius 3 is 2.17 bits per heavy atom. The number of nitrogens with one attached hydrogen (secondary N) is 2. The lowest BCUT2D eigenvalue weighted by molar-refractivity contribution is -0.120. The van der Waals surface area contributed by atoms with Crippen molar-refractivity contribution in [3.8, 4) is 0 Å². The zero-order valence-electron chi connectivity index (χ0n) is 15.3. The van der Waals surface area contributed by atoms with E-state index in [1.807, 2.05) is 26.0 Å². The topological polar surface area (TPSA) is 78.4 Å². The van der Waals surface area contributed by atoms with Crippen LogP contribution in [0, 0.1) is 5.92 Å². The Labute approximate surface area is 144 Å². The molecular weight excluding hydrogens is 304 g/mol. The molecule has 2 amide bonds. The standard InChI is InChI=1S/C19H30N2O3/c1-13(2)10-16(22)11-20-17(23)12-21-18(24)14-6-8-15(9-7-14)19(3,4)5/h6-9,13,16,22H,10-12H2,1-5H3,(H,20,23)(H,21,24). The van der Waals surface area contributed by atoms with Crippen molar-refractivity contribution in [3.05, 3.63) is 35.4 Å². The first-order valence-electron chi connectivity index (χ1n) is 8.43. The van der Waals surface area contributed by atoms with Crippen LogP contribution in [0.25, 0.3) is 0 Å². The van der Waals surface area contributed by atoms with E-state index in [9.17, 15) is 14.7 Å². The van der Waals surface area contributed by atoms with E-state index in [1.54, 1.807) is 12.1 Å². The summed E-state index contributed by atoms with van der Waals surface area (Å²) in [6.07, 6.45) is 0.0711. The van der Waals surface area contributed by atoms with Crippen LogP contribution in [-0.2, 0) is 10.2 Å². The van der Waals surface area contributed by atoms with E-state index in [2.05, 4.69) is 31.4 Å². The normalized spacial score (nSPS) is 12.8. The third-order valence-electron chi connectivity index (χ3n) is 3.70. The smallest absolute Gasteiger partial charge is 0.251 e. The molecule has 0 heterocycles.